The second-order valence-electron chi connectivity index (χ2n) is 5.62. The number of nitro benzene ring substituents is 1. The molecule has 0 unspecified atom stereocenters. The molecule has 1 fully saturated rings. The van der Waals surface area contributed by atoms with E-state index in [1.165, 1.54) is 0 Å². The summed E-state index contributed by atoms with van der Waals surface area (Å²) in [5, 5.41) is 29.8. The Morgan fingerprint density at radius 1 is 1.24 bits per heavy atom. The monoisotopic (exact) mass is 362 g/mol. The number of hydrogen-bond donors (Lipinski definition) is 2. The summed E-state index contributed by atoms with van der Waals surface area (Å²) in [5.74, 6) is -2.34. The van der Waals surface area contributed by atoms with Crippen LogP contribution in [0.3, 0.4) is 0 Å². The number of aliphatic carboxylic acids is 1. The average Bonchev–Trinajstić information content (AvgIpc) is 2.53. The molecule has 1 aromatic carbocycles. The number of carboxylic acids is 1. The molecule has 1 aliphatic heterocycles. The Morgan fingerprint density at radius 3 is 2.24 bits per heavy atom. The summed E-state index contributed by atoms with van der Waals surface area (Å²) in [6, 6.07) is 1.57. The number of nitro groups is 1. The summed E-state index contributed by atoms with van der Waals surface area (Å²) in [5.41, 5.74) is -4.77. The quantitative estimate of drug-likeness (QED) is 0.623. The van der Waals surface area contributed by atoms with Gasteiger partial charge in [-0.05, 0) is 12.1 Å². The molecule has 0 saturated carbocycles. The predicted octanol–water partition coefficient (Wildman–Crippen LogP) is 1.67. The summed E-state index contributed by atoms with van der Waals surface area (Å²) < 4.78 is 38.0. The summed E-state index contributed by atoms with van der Waals surface area (Å²) >= 11 is 0. The van der Waals surface area contributed by atoms with Crippen LogP contribution >= 0.6 is 0 Å². The van der Waals surface area contributed by atoms with Gasteiger partial charge in [0.1, 0.15) is 5.56 Å². The molecule has 0 aliphatic carbocycles. The first-order valence-electron chi connectivity index (χ1n) is 7.06. The van der Waals surface area contributed by atoms with Crippen molar-refractivity contribution in [3.05, 3.63) is 39.4 Å². The number of piperidine rings is 1. The minimum absolute atomic E-state index is 0.195. The van der Waals surface area contributed by atoms with E-state index < -0.39 is 45.4 Å². The van der Waals surface area contributed by atoms with Gasteiger partial charge in [0.2, 0.25) is 0 Å². The number of likely N-dealkylation sites (tertiary alicyclic amines) is 1. The third-order valence-electron chi connectivity index (χ3n) is 4.03. The molecule has 1 heterocycles. The van der Waals surface area contributed by atoms with Gasteiger partial charge in [0.05, 0.1) is 10.5 Å². The van der Waals surface area contributed by atoms with Crippen molar-refractivity contribution >= 4 is 17.6 Å². The van der Waals surface area contributed by atoms with Crippen molar-refractivity contribution in [3.8, 4) is 0 Å². The standard InChI is InChI=1S/C14H13F3N2O6/c15-14(16,17)8-1-2-9(10(7-8)19(24)25)11(20)18-5-3-13(23,4-6-18)12(21)22/h1-2,7,23H,3-6H2,(H,21,22). The Morgan fingerprint density at radius 2 is 1.80 bits per heavy atom. The van der Waals surface area contributed by atoms with Crippen LogP contribution in [-0.4, -0.2) is 50.6 Å². The van der Waals surface area contributed by atoms with Gasteiger partial charge in [-0.1, -0.05) is 0 Å². The molecule has 11 heteroatoms. The molecule has 2 N–H and O–H groups in total. The van der Waals surface area contributed by atoms with Gasteiger partial charge in [-0.15, -0.1) is 0 Å². The molecule has 136 valence electrons. The third-order valence-corrected chi connectivity index (χ3v) is 4.03. The van der Waals surface area contributed by atoms with Crippen molar-refractivity contribution < 1.29 is 37.9 Å². The van der Waals surface area contributed by atoms with Crippen LogP contribution in [-0.2, 0) is 11.0 Å². The highest BCUT2D eigenvalue weighted by atomic mass is 19.4. The summed E-state index contributed by atoms with van der Waals surface area (Å²) in [6.45, 7) is -0.389. The Bertz CT molecular complexity index is 726. The van der Waals surface area contributed by atoms with Crippen LogP contribution in [0.5, 0.6) is 0 Å². The second kappa shape index (κ2) is 6.31. The molecule has 1 saturated heterocycles. The number of halogens is 3. The van der Waals surface area contributed by atoms with E-state index in [1.807, 2.05) is 0 Å². The first-order valence-corrected chi connectivity index (χ1v) is 7.06. The van der Waals surface area contributed by atoms with Crippen LogP contribution < -0.4 is 0 Å². The SMILES string of the molecule is O=C(c1ccc(C(F)(F)F)cc1[N+](=O)[O-])N1CCC(O)(C(=O)O)CC1. The highest BCUT2D eigenvalue weighted by Gasteiger charge is 2.41. The van der Waals surface area contributed by atoms with Crippen LogP contribution in [0.1, 0.15) is 28.8 Å². The maximum atomic E-state index is 12.7. The van der Waals surface area contributed by atoms with Crippen molar-refractivity contribution in [3.63, 3.8) is 0 Å². The van der Waals surface area contributed by atoms with Gasteiger partial charge in [0.15, 0.2) is 5.60 Å². The van der Waals surface area contributed by atoms with Crippen molar-refractivity contribution in [2.24, 2.45) is 0 Å². The molecule has 1 aliphatic rings. The number of aliphatic hydroxyl groups is 1. The first kappa shape index (κ1) is 18.6. The molecule has 8 nitrogen and oxygen atoms in total. The second-order valence-corrected chi connectivity index (χ2v) is 5.62. The number of nitrogens with zero attached hydrogens (tertiary/aromatic N) is 2. The zero-order valence-corrected chi connectivity index (χ0v) is 12.6. The van der Waals surface area contributed by atoms with Crippen LogP contribution in [0.15, 0.2) is 18.2 Å². The van der Waals surface area contributed by atoms with Crippen LogP contribution in [0.4, 0.5) is 18.9 Å². The fraction of sp³-hybridized carbons (Fsp3) is 0.429. The molecule has 0 spiro atoms. The lowest BCUT2D eigenvalue weighted by Gasteiger charge is -2.35. The minimum atomic E-state index is -4.80. The van der Waals surface area contributed by atoms with E-state index in [9.17, 15) is 38.0 Å². The number of amides is 1. The molecular weight excluding hydrogens is 349 g/mol. The van der Waals surface area contributed by atoms with E-state index in [0.29, 0.717) is 6.07 Å². The van der Waals surface area contributed by atoms with Crippen LogP contribution in [0.2, 0.25) is 0 Å². The molecule has 2 rings (SSSR count). The van der Waals surface area contributed by atoms with Crippen LogP contribution in [0, 0.1) is 10.1 Å². The number of carbonyl (C=O) groups is 2. The number of hydrogen-bond acceptors (Lipinski definition) is 5. The lowest BCUT2D eigenvalue weighted by Crippen LogP contribution is -2.50. The van der Waals surface area contributed by atoms with E-state index >= 15 is 0 Å². The Balaban J connectivity index is 2.28. The van der Waals surface area contributed by atoms with Gasteiger partial charge >= 0.3 is 12.1 Å². The Hall–Kier alpha value is -2.69. The molecule has 25 heavy (non-hydrogen) atoms. The lowest BCUT2D eigenvalue weighted by molar-refractivity contribution is -0.385. The summed E-state index contributed by atoms with van der Waals surface area (Å²) in [6.07, 6.45) is -5.37. The Labute approximate surface area is 138 Å². The van der Waals surface area contributed by atoms with Gasteiger partial charge in [0.25, 0.3) is 11.6 Å². The molecule has 1 amide bonds. The fourth-order valence-electron chi connectivity index (χ4n) is 2.50. The smallest absolute Gasteiger partial charge is 0.416 e. The highest BCUT2D eigenvalue weighted by Crippen LogP contribution is 2.34. The number of benzene rings is 1. The van der Waals surface area contributed by atoms with E-state index in [0.717, 1.165) is 11.0 Å². The summed E-state index contributed by atoms with van der Waals surface area (Å²) in [7, 11) is 0. The topological polar surface area (TPSA) is 121 Å². The number of carboxylic acid groups (broad SMARTS) is 1. The molecule has 0 bridgehead atoms. The molecule has 0 atom stereocenters. The van der Waals surface area contributed by atoms with E-state index in [-0.39, 0.29) is 32.0 Å². The maximum absolute atomic E-state index is 12.7. The molecule has 0 radical (unpaired) electrons. The van der Waals surface area contributed by atoms with Gasteiger partial charge < -0.3 is 15.1 Å². The molecule has 0 aromatic heterocycles. The number of rotatable bonds is 3. The van der Waals surface area contributed by atoms with Gasteiger partial charge in [-0.3, -0.25) is 14.9 Å². The number of alkyl halides is 3. The average molecular weight is 362 g/mol. The minimum Gasteiger partial charge on any atom is -0.479 e. The first-order chi connectivity index (χ1) is 11.5. The van der Waals surface area contributed by atoms with Gasteiger partial charge in [-0.2, -0.15) is 13.2 Å². The van der Waals surface area contributed by atoms with E-state index in [2.05, 4.69) is 0 Å². The third kappa shape index (κ3) is 3.71. The predicted molar refractivity (Wildman–Crippen MR) is 75.8 cm³/mol. The van der Waals surface area contributed by atoms with E-state index in [1.54, 1.807) is 0 Å². The van der Waals surface area contributed by atoms with Crippen molar-refractivity contribution in [1.82, 2.24) is 4.90 Å². The number of carbonyl (C=O) groups excluding carboxylic acids is 1. The van der Waals surface area contributed by atoms with Crippen molar-refractivity contribution in [2.45, 2.75) is 24.6 Å². The zero-order valence-electron chi connectivity index (χ0n) is 12.6. The fourth-order valence-corrected chi connectivity index (χ4v) is 2.50. The van der Waals surface area contributed by atoms with Gasteiger partial charge in [0, 0.05) is 32.0 Å². The Kier molecular flexibility index (Phi) is 4.71. The maximum Gasteiger partial charge on any atom is 0.416 e. The molecular formula is C14H13F3N2O6. The van der Waals surface area contributed by atoms with Crippen molar-refractivity contribution in [2.75, 3.05) is 13.1 Å². The lowest BCUT2D eigenvalue weighted by atomic mass is 9.91. The molecule has 1 aromatic rings. The highest BCUT2D eigenvalue weighted by molar-refractivity contribution is 5.98. The van der Waals surface area contributed by atoms with Gasteiger partial charge in [-0.25, -0.2) is 4.79 Å². The van der Waals surface area contributed by atoms with Crippen LogP contribution in [0.25, 0.3) is 0 Å². The zero-order chi connectivity index (χ0) is 19.0. The van der Waals surface area contributed by atoms with Crippen molar-refractivity contribution in [1.29, 1.82) is 0 Å². The normalized spacial score (nSPS) is 17.2. The largest absolute Gasteiger partial charge is 0.479 e. The summed E-state index contributed by atoms with van der Waals surface area (Å²) in [4.78, 5) is 34.3. The van der Waals surface area contributed by atoms with E-state index in [4.69, 9.17) is 5.11 Å².